The van der Waals surface area contributed by atoms with Crippen LogP contribution in [0.4, 0.5) is 0 Å². The summed E-state index contributed by atoms with van der Waals surface area (Å²) in [6.07, 6.45) is 2.21. The van der Waals surface area contributed by atoms with Crippen molar-refractivity contribution in [3.05, 3.63) is 0 Å². The highest BCUT2D eigenvalue weighted by Crippen LogP contribution is 2.03. The van der Waals surface area contributed by atoms with Crippen molar-refractivity contribution in [3.8, 4) is 0 Å². The molecule has 0 aromatic heterocycles. The van der Waals surface area contributed by atoms with Gasteiger partial charge in [0.15, 0.2) is 0 Å². The molecule has 0 aromatic carbocycles. The Morgan fingerprint density at radius 3 is 2.67 bits per heavy atom. The molecule has 12 heavy (non-hydrogen) atoms. The van der Waals surface area contributed by atoms with Gasteiger partial charge in [0.05, 0.1) is 6.61 Å². The van der Waals surface area contributed by atoms with Crippen LogP contribution in [0, 0.1) is 0 Å². The van der Waals surface area contributed by atoms with Gasteiger partial charge in [-0.1, -0.05) is 13.8 Å². The highest BCUT2D eigenvalue weighted by molar-refractivity contribution is 7.99. The Morgan fingerprint density at radius 1 is 1.42 bits per heavy atom. The van der Waals surface area contributed by atoms with Crippen LogP contribution >= 0.6 is 11.8 Å². The summed E-state index contributed by atoms with van der Waals surface area (Å²) < 4.78 is 0. The van der Waals surface area contributed by atoms with Crippen molar-refractivity contribution in [2.24, 2.45) is 0 Å². The van der Waals surface area contributed by atoms with Gasteiger partial charge >= 0.3 is 0 Å². The highest BCUT2D eigenvalue weighted by Gasteiger charge is 2.04. The fourth-order valence-electron chi connectivity index (χ4n) is 0.976. The molecule has 1 unspecified atom stereocenters. The van der Waals surface area contributed by atoms with E-state index in [2.05, 4.69) is 19.2 Å². The van der Waals surface area contributed by atoms with Crippen LogP contribution in [0.1, 0.15) is 26.7 Å². The molecule has 0 aliphatic heterocycles. The van der Waals surface area contributed by atoms with E-state index in [-0.39, 0.29) is 6.61 Å². The summed E-state index contributed by atoms with van der Waals surface area (Å²) in [7, 11) is 0. The van der Waals surface area contributed by atoms with E-state index in [9.17, 15) is 0 Å². The zero-order valence-corrected chi connectivity index (χ0v) is 8.99. The van der Waals surface area contributed by atoms with Crippen molar-refractivity contribution in [3.63, 3.8) is 0 Å². The first-order valence-corrected chi connectivity index (χ1v) is 5.92. The molecule has 74 valence electrons. The minimum absolute atomic E-state index is 0.268. The van der Waals surface area contributed by atoms with Gasteiger partial charge in [-0.05, 0) is 30.9 Å². The molecule has 0 bridgehead atoms. The zero-order valence-electron chi connectivity index (χ0n) is 8.18. The van der Waals surface area contributed by atoms with E-state index in [0.717, 1.165) is 25.1 Å². The van der Waals surface area contributed by atoms with E-state index in [1.165, 1.54) is 5.75 Å². The number of hydrogen-bond donors (Lipinski definition) is 2. The quantitative estimate of drug-likeness (QED) is 0.570. The molecule has 0 amide bonds. The smallest absolute Gasteiger partial charge is 0.0584 e. The van der Waals surface area contributed by atoms with Gasteiger partial charge in [0.2, 0.25) is 0 Å². The molecule has 0 radical (unpaired) electrons. The van der Waals surface area contributed by atoms with Crippen LogP contribution in [-0.2, 0) is 0 Å². The number of thioether (sulfide) groups is 1. The molecular weight excluding hydrogens is 170 g/mol. The fourth-order valence-corrected chi connectivity index (χ4v) is 1.72. The molecule has 0 aliphatic carbocycles. The van der Waals surface area contributed by atoms with Gasteiger partial charge in [-0.15, -0.1) is 0 Å². The molecule has 0 heterocycles. The molecule has 0 saturated carbocycles. The van der Waals surface area contributed by atoms with Gasteiger partial charge in [-0.3, -0.25) is 0 Å². The van der Waals surface area contributed by atoms with Crippen LogP contribution in [0.3, 0.4) is 0 Å². The minimum atomic E-state index is 0.268. The summed E-state index contributed by atoms with van der Waals surface area (Å²) in [5.74, 6) is 2.32. The first-order valence-electron chi connectivity index (χ1n) is 4.77. The molecule has 2 N–H and O–H groups in total. The standard InChI is InChI=1S/C9H21NOS/c1-3-6-10-9(8-11)5-7-12-4-2/h9-11H,3-8H2,1-2H3. The predicted molar refractivity (Wildman–Crippen MR) is 56.8 cm³/mol. The lowest BCUT2D eigenvalue weighted by atomic mass is 10.2. The van der Waals surface area contributed by atoms with Crippen molar-refractivity contribution in [2.45, 2.75) is 32.7 Å². The monoisotopic (exact) mass is 191 g/mol. The Hall–Kier alpha value is 0.270. The first-order chi connectivity index (χ1) is 5.85. The van der Waals surface area contributed by atoms with Crippen LogP contribution in [0.25, 0.3) is 0 Å². The maximum absolute atomic E-state index is 8.98. The lowest BCUT2D eigenvalue weighted by molar-refractivity contribution is 0.240. The molecule has 0 aromatic rings. The maximum atomic E-state index is 8.98. The Bertz CT molecular complexity index is 90.6. The minimum Gasteiger partial charge on any atom is -0.395 e. The molecule has 0 aliphatic rings. The summed E-state index contributed by atoms with van der Waals surface area (Å²) in [6.45, 7) is 5.59. The van der Waals surface area contributed by atoms with Crippen LogP contribution in [0.15, 0.2) is 0 Å². The fraction of sp³-hybridized carbons (Fsp3) is 1.00. The molecule has 0 saturated heterocycles. The summed E-state index contributed by atoms with van der Waals surface area (Å²) in [4.78, 5) is 0. The third-order valence-electron chi connectivity index (χ3n) is 1.72. The number of hydrogen-bond acceptors (Lipinski definition) is 3. The largest absolute Gasteiger partial charge is 0.395 e. The van der Waals surface area contributed by atoms with Gasteiger partial charge in [0.25, 0.3) is 0 Å². The molecule has 3 heteroatoms. The summed E-state index contributed by atoms with van der Waals surface area (Å²) in [6, 6.07) is 0.309. The van der Waals surface area contributed by atoms with Crippen molar-refractivity contribution in [1.82, 2.24) is 5.32 Å². The lowest BCUT2D eigenvalue weighted by Crippen LogP contribution is -2.33. The van der Waals surface area contributed by atoms with Gasteiger partial charge in [-0.25, -0.2) is 0 Å². The van der Waals surface area contributed by atoms with E-state index in [0.29, 0.717) is 6.04 Å². The third kappa shape index (κ3) is 6.95. The van der Waals surface area contributed by atoms with E-state index >= 15 is 0 Å². The second-order valence-electron chi connectivity index (χ2n) is 2.82. The van der Waals surface area contributed by atoms with E-state index in [1.54, 1.807) is 0 Å². The average molecular weight is 191 g/mol. The summed E-state index contributed by atoms with van der Waals surface area (Å²) in [5, 5.41) is 12.3. The number of nitrogens with one attached hydrogen (secondary N) is 1. The maximum Gasteiger partial charge on any atom is 0.0584 e. The van der Waals surface area contributed by atoms with Gasteiger partial charge in [0, 0.05) is 6.04 Å². The first kappa shape index (κ1) is 12.3. The van der Waals surface area contributed by atoms with Crippen molar-refractivity contribution in [2.75, 3.05) is 24.7 Å². The van der Waals surface area contributed by atoms with Crippen LogP contribution < -0.4 is 5.32 Å². The second-order valence-corrected chi connectivity index (χ2v) is 4.21. The molecule has 1 atom stereocenters. The summed E-state index contributed by atoms with van der Waals surface area (Å²) >= 11 is 1.93. The average Bonchev–Trinajstić information content (AvgIpc) is 2.11. The number of aliphatic hydroxyl groups is 1. The van der Waals surface area contributed by atoms with Gasteiger partial charge in [-0.2, -0.15) is 11.8 Å². The highest BCUT2D eigenvalue weighted by atomic mass is 32.2. The number of rotatable bonds is 8. The molecule has 2 nitrogen and oxygen atoms in total. The van der Waals surface area contributed by atoms with Gasteiger partial charge < -0.3 is 10.4 Å². The van der Waals surface area contributed by atoms with Gasteiger partial charge in [0.1, 0.15) is 0 Å². The van der Waals surface area contributed by atoms with Crippen LogP contribution in [-0.4, -0.2) is 35.8 Å². The van der Waals surface area contributed by atoms with Crippen molar-refractivity contribution < 1.29 is 5.11 Å². The molecule has 0 rings (SSSR count). The zero-order chi connectivity index (χ0) is 9.23. The molecule has 0 spiro atoms. The van der Waals surface area contributed by atoms with Crippen LogP contribution in [0.2, 0.25) is 0 Å². The normalized spacial score (nSPS) is 13.2. The second kappa shape index (κ2) is 9.36. The summed E-state index contributed by atoms with van der Waals surface area (Å²) in [5.41, 5.74) is 0. The SMILES string of the molecule is CCCNC(CO)CCSCC. The predicted octanol–water partition coefficient (Wildman–Crippen LogP) is 1.49. The van der Waals surface area contributed by atoms with E-state index < -0.39 is 0 Å². The number of aliphatic hydroxyl groups excluding tert-OH is 1. The lowest BCUT2D eigenvalue weighted by Gasteiger charge is -2.14. The van der Waals surface area contributed by atoms with Crippen molar-refractivity contribution >= 4 is 11.8 Å². The molecular formula is C9H21NOS. The van der Waals surface area contributed by atoms with E-state index in [1.807, 2.05) is 11.8 Å². The Kier molecular flexibility index (Phi) is 9.57. The Balaban J connectivity index is 3.26. The third-order valence-corrected chi connectivity index (χ3v) is 2.65. The Morgan fingerprint density at radius 2 is 2.17 bits per heavy atom. The van der Waals surface area contributed by atoms with Crippen LogP contribution in [0.5, 0.6) is 0 Å². The molecule has 0 fully saturated rings. The van der Waals surface area contributed by atoms with E-state index in [4.69, 9.17) is 5.11 Å². The topological polar surface area (TPSA) is 32.3 Å². The Labute approximate surface area is 80.1 Å². The van der Waals surface area contributed by atoms with Crippen molar-refractivity contribution in [1.29, 1.82) is 0 Å².